The summed E-state index contributed by atoms with van der Waals surface area (Å²) in [7, 11) is 3.13. The fourth-order valence-corrected chi connectivity index (χ4v) is 3.26. The minimum atomic E-state index is -0.193. The summed E-state index contributed by atoms with van der Waals surface area (Å²) in [5, 5.41) is 3.37. The maximum Gasteiger partial charge on any atom is 0.163 e. The van der Waals surface area contributed by atoms with Crippen LogP contribution < -0.4 is 14.8 Å². The number of nitrogens with one attached hydrogen (secondary N) is 1. The molecule has 1 atom stereocenters. The van der Waals surface area contributed by atoms with Crippen molar-refractivity contribution in [1.29, 1.82) is 0 Å². The summed E-state index contributed by atoms with van der Waals surface area (Å²) >= 11 is 0. The Hall–Kier alpha value is -0.750. The van der Waals surface area contributed by atoms with Crippen LogP contribution in [0, 0.1) is 11.7 Å². The average molecular weight is 381 g/mol. The molecule has 1 N–H and O–H groups in total. The minimum Gasteiger partial charge on any atom is -0.493 e. The van der Waals surface area contributed by atoms with Gasteiger partial charge in [-0.2, -0.15) is 0 Å². The van der Waals surface area contributed by atoms with Gasteiger partial charge in [-0.1, -0.05) is 12.8 Å². The Morgan fingerprint density at radius 2 is 1.71 bits per heavy atom. The van der Waals surface area contributed by atoms with Gasteiger partial charge >= 0.3 is 0 Å². The molecule has 3 rings (SSSR count). The lowest BCUT2D eigenvalue weighted by atomic mass is 9.97. The monoisotopic (exact) mass is 380 g/mol. The molecule has 0 bridgehead atoms. The van der Waals surface area contributed by atoms with E-state index in [2.05, 4.69) is 10.2 Å². The number of methoxy groups -OCH3 is 2. The molecule has 1 aliphatic carbocycles. The standard InChI is InChI=1S/C17H25FN2O2.2ClH/c1-21-16-10-13(14(18)11-17(16)22-2)15(9-12-3-4-12)20-7-5-19-6-8-20;;/h10-12,15,19H,3-9H2,1-2H3;2*1H/t15-;;/m0../s1. The Bertz CT molecular complexity index is 524. The highest BCUT2D eigenvalue weighted by Crippen LogP contribution is 2.42. The fourth-order valence-electron chi connectivity index (χ4n) is 3.26. The first-order chi connectivity index (χ1) is 10.7. The van der Waals surface area contributed by atoms with Crippen molar-refractivity contribution in [2.45, 2.75) is 25.3 Å². The normalized spacial score (nSPS) is 19.0. The molecule has 138 valence electrons. The second-order valence-corrected chi connectivity index (χ2v) is 6.21. The number of halogens is 3. The molecule has 1 aliphatic heterocycles. The van der Waals surface area contributed by atoms with Gasteiger partial charge in [0.2, 0.25) is 0 Å². The predicted octanol–water partition coefficient (Wildman–Crippen LogP) is 3.43. The number of ether oxygens (including phenoxy) is 2. The van der Waals surface area contributed by atoms with Crippen LogP contribution in [-0.4, -0.2) is 45.3 Å². The molecular formula is C17H27Cl2FN2O2. The van der Waals surface area contributed by atoms with Crippen LogP contribution in [-0.2, 0) is 0 Å². The third kappa shape index (κ3) is 4.88. The number of piperazine rings is 1. The minimum absolute atomic E-state index is 0. The maximum absolute atomic E-state index is 14.7. The van der Waals surface area contributed by atoms with Crippen molar-refractivity contribution in [3.63, 3.8) is 0 Å². The highest BCUT2D eigenvalue weighted by Gasteiger charge is 2.32. The van der Waals surface area contributed by atoms with Crippen molar-refractivity contribution in [3.05, 3.63) is 23.5 Å². The Labute approximate surface area is 155 Å². The molecule has 0 amide bonds. The molecule has 1 saturated carbocycles. The van der Waals surface area contributed by atoms with Gasteiger partial charge < -0.3 is 14.8 Å². The van der Waals surface area contributed by atoms with Crippen molar-refractivity contribution in [2.24, 2.45) is 5.92 Å². The van der Waals surface area contributed by atoms with Gasteiger partial charge in [-0.05, 0) is 18.4 Å². The van der Waals surface area contributed by atoms with Crippen LogP contribution >= 0.6 is 24.8 Å². The first kappa shape index (κ1) is 21.3. The van der Waals surface area contributed by atoms with E-state index in [1.165, 1.54) is 26.0 Å². The van der Waals surface area contributed by atoms with Crippen molar-refractivity contribution < 1.29 is 13.9 Å². The van der Waals surface area contributed by atoms with E-state index >= 15 is 0 Å². The summed E-state index contributed by atoms with van der Waals surface area (Å²) in [5.74, 6) is 1.61. The number of benzene rings is 1. The largest absolute Gasteiger partial charge is 0.493 e. The van der Waals surface area contributed by atoms with Crippen molar-refractivity contribution in [2.75, 3.05) is 40.4 Å². The average Bonchev–Trinajstić information content (AvgIpc) is 3.37. The van der Waals surface area contributed by atoms with Crippen molar-refractivity contribution in [1.82, 2.24) is 10.2 Å². The lowest BCUT2D eigenvalue weighted by Gasteiger charge is -2.35. The van der Waals surface area contributed by atoms with Crippen LogP contribution in [0.15, 0.2) is 12.1 Å². The SMILES string of the molecule is COc1cc(F)c([C@H](CC2CC2)N2CCNCC2)cc1OC.Cl.Cl. The van der Waals surface area contributed by atoms with Gasteiger partial charge in [0.1, 0.15) is 5.82 Å². The quantitative estimate of drug-likeness (QED) is 0.819. The van der Waals surface area contributed by atoms with Gasteiger partial charge in [0.15, 0.2) is 11.5 Å². The van der Waals surface area contributed by atoms with E-state index in [0.29, 0.717) is 11.5 Å². The summed E-state index contributed by atoms with van der Waals surface area (Å²) < 4.78 is 25.2. The van der Waals surface area contributed by atoms with Crippen molar-refractivity contribution in [3.8, 4) is 11.5 Å². The summed E-state index contributed by atoms with van der Waals surface area (Å²) in [4.78, 5) is 2.40. The molecule has 7 heteroatoms. The van der Waals surface area contributed by atoms with Gasteiger partial charge in [0.05, 0.1) is 14.2 Å². The summed E-state index contributed by atoms with van der Waals surface area (Å²) in [5.41, 5.74) is 0.742. The third-order valence-corrected chi connectivity index (χ3v) is 4.71. The molecular weight excluding hydrogens is 354 g/mol. The zero-order valence-corrected chi connectivity index (χ0v) is 15.9. The fraction of sp³-hybridized carbons (Fsp3) is 0.647. The van der Waals surface area contributed by atoms with Crippen LogP contribution in [0.3, 0.4) is 0 Å². The van der Waals surface area contributed by atoms with E-state index in [1.807, 2.05) is 6.07 Å². The van der Waals surface area contributed by atoms with Gasteiger partial charge in [-0.25, -0.2) is 4.39 Å². The molecule has 4 nitrogen and oxygen atoms in total. The van der Waals surface area contributed by atoms with Gasteiger partial charge in [0, 0.05) is 43.9 Å². The highest BCUT2D eigenvalue weighted by molar-refractivity contribution is 5.85. The Kier molecular flexibility index (Phi) is 8.57. The Balaban J connectivity index is 0.00000144. The van der Waals surface area contributed by atoms with Gasteiger partial charge in [-0.3, -0.25) is 4.90 Å². The second-order valence-electron chi connectivity index (χ2n) is 6.21. The van der Waals surface area contributed by atoms with Crippen molar-refractivity contribution >= 4 is 24.8 Å². The van der Waals surface area contributed by atoms with E-state index in [-0.39, 0.29) is 36.7 Å². The molecule has 0 spiro atoms. The van der Waals surface area contributed by atoms with Gasteiger partial charge in [0.25, 0.3) is 0 Å². The smallest absolute Gasteiger partial charge is 0.163 e. The third-order valence-electron chi connectivity index (χ3n) is 4.71. The molecule has 0 radical (unpaired) electrons. The van der Waals surface area contributed by atoms with E-state index in [1.54, 1.807) is 7.11 Å². The van der Waals surface area contributed by atoms with E-state index in [4.69, 9.17) is 9.47 Å². The zero-order chi connectivity index (χ0) is 15.5. The molecule has 0 aromatic heterocycles. The molecule has 1 aromatic carbocycles. The first-order valence-electron chi connectivity index (χ1n) is 8.09. The van der Waals surface area contributed by atoms with Crippen LogP contribution in [0.1, 0.15) is 30.9 Å². The van der Waals surface area contributed by atoms with Crippen LogP contribution in [0.25, 0.3) is 0 Å². The molecule has 2 fully saturated rings. The Morgan fingerprint density at radius 3 is 2.25 bits per heavy atom. The highest BCUT2D eigenvalue weighted by atomic mass is 35.5. The predicted molar refractivity (Wildman–Crippen MR) is 98.5 cm³/mol. The van der Waals surface area contributed by atoms with E-state index < -0.39 is 0 Å². The van der Waals surface area contributed by atoms with Crippen LogP contribution in [0.5, 0.6) is 11.5 Å². The lowest BCUT2D eigenvalue weighted by molar-refractivity contribution is 0.157. The first-order valence-corrected chi connectivity index (χ1v) is 8.09. The molecule has 1 saturated heterocycles. The van der Waals surface area contributed by atoms with E-state index in [9.17, 15) is 4.39 Å². The molecule has 1 heterocycles. The topological polar surface area (TPSA) is 33.7 Å². The maximum atomic E-state index is 14.7. The Morgan fingerprint density at radius 1 is 1.12 bits per heavy atom. The van der Waals surface area contributed by atoms with Crippen LogP contribution in [0.2, 0.25) is 0 Å². The number of nitrogens with zero attached hydrogens (tertiary/aromatic N) is 1. The summed E-state index contributed by atoms with van der Waals surface area (Å²) in [6.07, 6.45) is 3.58. The summed E-state index contributed by atoms with van der Waals surface area (Å²) in [6, 6.07) is 3.41. The number of hydrogen-bond donors (Lipinski definition) is 1. The zero-order valence-electron chi connectivity index (χ0n) is 14.2. The summed E-state index contributed by atoms with van der Waals surface area (Å²) in [6.45, 7) is 3.86. The van der Waals surface area contributed by atoms with Gasteiger partial charge in [-0.15, -0.1) is 24.8 Å². The lowest BCUT2D eigenvalue weighted by Crippen LogP contribution is -2.45. The number of hydrogen-bond acceptors (Lipinski definition) is 4. The molecule has 2 aliphatic rings. The molecule has 1 aromatic rings. The second kappa shape index (κ2) is 9.66. The van der Waals surface area contributed by atoms with E-state index in [0.717, 1.165) is 44.1 Å². The molecule has 24 heavy (non-hydrogen) atoms. The van der Waals surface area contributed by atoms with Crippen LogP contribution in [0.4, 0.5) is 4.39 Å². The molecule has 0 unspecified atom stereocenters. The number of rotatable bonds is 6.